The van der Waals surface area contributed by atoms with Crippen molar-refractivity contribution in [3.05, 3.63) is 48.2 Å². The highest BCUT2D eigenvalue weighted by Gasteiger charge is 2.01. The normalized spacial score (nSPS) is 12.7. The van der Waals surface area contributed by atoms with Crippen LogP contribution >= 0.6 is 0 Å². The van der Waals surface area contributed by atoms with E-state index in [1.165, 1.54) is 6.08 Å². The summed E-state index contributed by atoms with van der Waals surface area (Å²) in [6.45, 7) is 2.40. The fourth-order valence-electron chi connectivity index (χ4n) is 1.73. The van der Waals surface area contributed by atoms with Gasteiger partial charge >= 0.3 is 0 Å². The van der Waals surface area contributed by atoms with E-state index in [-0.39, 0.29) is 18.4 Å². The van der Waals surface area contributed by atoms with Gasteiger partial charge < -0.3 is 10.4 Å². The number of hydrogen-bond donors (Lipinski definition) is 2. The lowest BCUT2D eigenvalue weighted by atomic mass is 10.2. The summed E-state index contributed by atoms with van der Waals surface area (Å²) in [6.07, 6.45) is 3.15. The molecular formula is C16H18N2O2. The number of amides is 1. The van der Waals surface area contributed by atoms with E-state index in [0.717, 1.165) is 16.6 Å². The smallest absolute Gasteiger partial charge is 0.244 e. The summed E-state index contributed by atoms with van der Waals surface area (Å²) < 4.78 is 0. The van der Waals surface area contributed by atoms with E-state index >= 15 is 0 Å². The first kappa shape index (κ1) is 14.2. The number of para-hydroxylation sites is 1. The van der Waals surface area contributed by atoms with Gasteiger partial charge in [0.05, 0.1) is 11.2 Å². The van der Waals surface area contributed by atoms with Crippen molar-refractivity contribution in [2.24, 2.45) is 5.92 Å². The molecule has 0 aliphatic carbocycles. The zero-order valence-corrected chi connectivity index (χ0v) is 11.4. The largest absolute Gasteiger partial charge is 0.396 e. The van der Waals surface area contributed by atoms with Crippen LogP contribution in [0.25, 0.3) is 17.0 Å². The third kappa shape index (κ3) is 3.90. The van der Waals surface area contributed by atoms with Gasteiger partial charge in [0.25, 0.3) is 0 Å². The number of aromatic nitrogens is 1. The number of carbonyl (C=O) groups is 1. The molecule has 1 aromatic carbocycles. The molecule has 4 nitrogen and oxygen atoms in total. The summed E-state index contributed by atoms with van der Waals surface area (Å²) in [7, 11) is 0. The van der Waals surface area contributed by atoms with E-state index in [4.69, 9.17) is 5.11 Å². The molecule has 0 spiro atoms. The summed E-state index contributed by atoms with van der Waals surface area (Å²) >= 11 is 0. The number of fused-ring (bicyclic) bond motifs is 1. The molecule has 2 rings (SSSR count). The molecule has 0 bridgehead atoms. The lowest BCUT2D eigenvalue weighted by Crippen LogP contribution is -2.27. The maximum absolute atomic E-state index is 11.6. The summed E-state index contributed by atoms with van der Waals surface area (Å²) in [5, 5.41) is 12.7. The van der Waals surface area contributed by atoms with Crippen LogP contribution in [0.2, 0.25) is 0 Å². The van der Waals surface area contributed by atoms with Crippen molar-refractivity contribution >= 4 is 22.9 Å². The van der Waals surface area contributed by atoms with E-state index in [1.807, 2.05) is 43.3 Å². The Morgan fingerprint density at radius 2 is 2.15 bits per heavy atom. The number of pyridine rings is 1. The summed E-state index contributed by atoms with van der Waals surface area (Å²) in [5.41, 5.74) is 1.65. The average molecular weight is 270 g/mol. The maximum Gasteiger partial charge on any atom is 0.244 e. The Bertz CT molecular complexity index is 623. The molecule has 1 amide bonds. The van der Waals surface area contributed by atoms with Crippen molar-refractivity contribution in [2.45, 2.75) is 6.92 Å². The third-order valence-electron chi connectivity index (χ3n) is 2.96. The number of carbonyl (C=O) groups excluding carboxylic acids is 1. The molecule has 4 heteroatoms. The van der Waals surface area contributed by atoms with Gasteiger partial charge in [0.2, 0.25) is 5.91 Å². The molecule has 1 unspecified atom stereocenters. The number of nitrogens with one attached hydrogen (secondary N) is 1. The van der Waals surface area contributed by atoms with E-state index in [0.29, 0.717) is 6.54 Å². The van der Waals surface area contributed by atoms with Gasteiger partial charge in [0.15, 0.2) is 0 Å². The van der Waals surface area contributed by atoms with Crippen molar-refractivity contribution in [1.82, 2.24) is 10.3 Å². The van der Waals surface area contributed by atoms with Crippen molar-refractivity contribution in [3.8, 4) is 0 Å². The molecule has 0 saturated carbocycles. The van der Waals surface area contributed by atoms with Gasteiger partial charge in [-0.1, -0.05) is 31.2 Å². The first-order valence-electron chi connectivity index (χ1n) is 6.61. The molecule has 0 aliphatic heterocycles. The van der Waals surface area contributed by atoms with Crippen molar-refractivity contribution in [1.29, 1.82) is 0 Å². The molecule has 0 fully saturated rings. The number of nitrogens with zero attached hydrogens (tertiary/aromatic N) is 1. The molecule has 20 heavy (non-hydrogen) atoms. The second kappa shape index (κ2) is 6.82. The highest BCUT2D eigenvalue weighted by atomic mass is 16.3. The quantitative estimate of drug-likeness (QED) is 0.817. The molecule has 0 aliphatic rings. The highest BCUT2D eigenvalue weighted by Crippen LogP contribution is 2.12. The predicted octanol–water partition coefficient (Wildman–Crippen LogP) is 1.99. The monoisotopic (exact) mass is 270 g/mol. The molecule has 2 N–H and O–H groups in total. The average Bonchev–Trinajstić information content (AvgIpc) is 2.50. The van der Waals surface area contributed by atoms with Gasteiger partial charge in [-0.05, 0) is 24.1 Å². The van der Waals surface area contributed by atoms with E-state index < -0.39 is 0 Å². The Balaban J connectivity index is 2.00. The number of aliphatic hydroxyl groups is 1. The fraction of sp³-hybridized carbons (Fsp3) is 0.250. The van der Waals surface area contributed by atoms with Crippen LogP contribution in [0.3, 0.4) is 0 Å². The molecule has 1 heterocycles. The van der Waals surface area contributed by atoms with Gasteiger partial charge in [-0.3, -0.25) is 4.79 Å². The standard InChI is InChI=1S/C16H18N2O2/c1-12(11-19)10-17-16(20)9-8-14-7-6-13-4-2-3-5-15(13)18-14/h2-9,12,19H,10-11H2,1H3,(H,17,20)/b9-8+. The van der Waals surface area contributed by atoms with Crippen LogP contribution in [0.1, 0.15) is 12.6 Å². The topological polar surface area (TPSA) is 62.2 Å². The molecule has 2 aromatic rings. The molecule has 1 atom stereocenters. The fourth-order valence-corrected chi connectivity index (χ4v) is 1.73. The Morgan fingerprint density at radius 1 is 1.35 bits per heavy atom. The molecule has 0 saturated heterocycles. The maximum atomic E-state index is 11.6. The highest BCUT2D eigenvalue weighted by molar-refractivity contribution is 5.91. The van der Waals surface area contributed by atoms with Crippen LogP contribution < -0.4 is 5.32 Å². The second-order valence-corrected chi connectivity index (χ2v) is 4.80. The first-order valence-corrected chi connectivity index (χ1v) is 6.61. The first-order chi connectivity index (χ1) is 9.69. The van der Waals surface area contributed by atoms with Crippen molar-refractivity contribution in [2.75, 3.05) is 13.2 Å². The van der Waals surface area contributed by atoms with Gasteiger partial charge in [-0.25, -0.2) is 4.98 Å². The Morgan fingerprint density at radius 3 is 2.95 bits per heavy atom. The van der Waals surface area contributed by atoms with Crippen LogP contribution in [-0.2, 0) is 4.79 Å². The molecule has 1 aromatic heterocycles. The van der Waals surface area contributed by atoms with Crippen LogP contribution in [0, 0.1) is 5.92 Å². The number of aliphatic hydroxyl groups excluding tert-OH is 1. The lowest BCUT2D eigenvalue weighted by Gasteiger charge is -2.07. The lowest BCUT2D eigenvalue weighted by molar-refractivity contribution is -0.116. The van der Waals surface area contributed by atoms with Crippen LogP contribution in [0.5, 0.6) is 0 Å². The summed E-state index contributed by atoms with van der Waals surface area (Å²) in [5.74, 6) is -0.119. The zero-order chi connectivity index (χ0) is 14.4. The van der Waals surface area contributed by atoms with Gasteiger partial charge in [0.1, 0.15) is 0 Å². The number of rotatable bonds is 5. The Hall–Kier alpha value is -2.20. The van der Waals surface area contributed by atoms with Crippen molar-refractivity contribution in [3.63, 3.8) is 0 Å². The van der Waals surface area contributed by atoms with Crippen LogP contribution in [0.4, 0.5) is 0 Å². The predicted molar refractivity (Wildman–Crippen MR) is 80.0 cm³/mol. The minimum atomic E-state index is -0.180. The molecule has 0 radical (unpaired) electrons. The van der Waals surface area contributed by atoms with Crippen molar-refractivity contribution < 1.29 is 9.90 Å². The Kier molecular flexibility index (Phi) is 4.85. The Labute approximate surface area is 118 Å². The number of benzene rings is 1. The molecular weight excluding hydrogens is 252 g/mol. The number of hydrogen-bond acceptors (Lipinski definition) is 3. The van der Waals surface area contributed by atoms with Crippen LogP contribution in [0.15, 0.2) is 42.5 Å². The SMILES string of the molecule is CC(CO)CNC(=O)/C=C/c1ccc2ccccc2n1. The van der Waals surface area contributed by atoms with Gasteiger partial charge in [-0.2, -0.15) is 0 Å². The third-order valence-corrected chi connectivity index (χ3v) is 2.96. The minimum absolute atomic E-state index is 0.0612. The second-order valence-electron chi connectivity index (χ2n) is 4.80. The van der Waals surface area contributed by atoms with E-state index in [2.05, 4.69) is 10.3 Å². The summed E-state index contributed by atoms with van der Waals surface area (Å²) in [4.78, 5) is 16.0. The van der Waals surface area contributed by atoms with Gasteiger partial charge in [0, 0.05) is 24.6 Å². The van der Waals surface area contributed by atoms with E-state index in [1.54, 1.807) is 6.08 Å². The minimum Gasteiger partial charge on any atom is -0.396 e. The van der Waals surface area contributed by atoms with Crippen LogP contribution in [-0.4, -0.2) is 29.1 Å². The van der Waals surface area contributed by atoms with Gasteiger partial charge in [-0.15, -0.1) is 0 Å². The molecule has 104 valence electrons. The zero-order valence-electron chi connectivity index (χ0n) is 11.4. The summed E-state index contributed by atoms with van der Waals surface area (Å²) in [6, 6.07) is 11.7. The van der Waals surface area contributed by atoms with E-state index in [9.17, 15) is 4.79 Å².